The molecule has 0 saturated carbocycles. The molecule has 6 nitrogen and oxygen atoms in total. The molecule has 3 rings (SSSR count). The first kappa shape index (κ1) is 18.9. The Hall–Kier alpha value is -2.84. The van der Waals surface area contributed by atoms with Crippen molar-refractivity contribution in [1.82, 2.24) is 0 Å². The molecule has 0 radical (unpaired) electrons. The molecule has 27 heavy (non-hydrogen) atoms. The number of carboxylic acids is 1. The summed E-state index contributed by atoms with van der Waals surface area (Å²) in [5, 5.41) is 9.00. The van der Waals surface area contributed by atoms with Gasteiger partial charge in [0.15, 0.2) is 4.32 Å². The Bertz CT molecular complexity index is 953. The molecule has 1 aliphatic rings. The summed E-state index contributed by atoms with van der Waals surface area (Å²) >= 11 is 6.51. The van der Waals surface area contributed by atoms with E-state index in [0.717, 1.165) is 0 Å². The van der Waals surface area contributed by atoms with Crippen LogP contribution < -0.4 is 14.4 Å². The minimum Gasteiger partial charge on any atom is -0.497 e. The second kappa shape index (κ2) is 7.81. The number of thioether (sulfide) groups is 1. The molecule has 1 fully saturated rings. The molecule has 0 atom stereocenters. The zero-order valence-electron chi connectivity index (χ0n) is 14.5. The number of nitrogens with zero attached hydrogens (tertiary/aromatic N) is 1. The van der Waals surface area contributed by atoms with E-state index in [1.807, 2.05) is 0 Å². The molecule has 138 valence electrons. The summed E-state index contributed by atoms with van der Waals surface area (Å²) in [6.45, 7) is 0. The van der Waals surface area contributed by atoms with E-state index in [1.165, 1.54) is 28.8 Å². The van der Waals surface area contributed by atoms with E-state index in [2.05, 4.69) is 0 Å². The number of ether oxygens (including phenoxy) is 2. The van der Waals surface area contributed by atoms with Crippen LogP contribution in [0.5, 0.6) is 11.5 Å². The predicted octanol–water partition coefficient (Wildman–Crippen LogP) is 3.81. The molecule has 8 heteroatoms. The van der Waals surface area contributed by atoms with Crippen molar-refractivity contribution in [2.24, 2.45) is 0 Å². The zero-order chi connectivity index (χ0) is 19.6. The SMILES string of the molecule is COc1ccc(OC)c(C=C2SC(=S)N(c3ccc(C(=O)O)cc3)C2=O)c1. The van der Waals surface area contributed by atoms with Crippen molar-refractivity contribution < 1.29 is 24.2 Å². The smallest absolute Gasteiger partial charge is 0.335 e. The van der Waals surface area contributed by atoms with Crippen LogP contribution in [0.3, 0.4) is 0 Å². The zero-order valence-corrected chi connectivity index (χ0v) is 16.1. The summed E-state index contributed by atoms with van der Waals surface area (Å²) in [6, 6.07) is 11.3. The Kier molecular flexibility index (Phi) is 5.48. The number of carbonyl (C=O) groups excluding carboxylic acids is 1. The van der Waals surface area contributed by atoms with Crippen molar-refractivity contribution >= 4 is 51.9 Å². The highest BCUT2D eigenvalue weighted by Gasteiger charge is 2.33. The molecule has 1 amide bonds. The number of anilines is 1. The maximum absolute atomic E-state index is 12.9. The van der Waals surface area contributed by atoms with Gasteiger partial charge in [-0.15, -0.1) is 0 Å². The van der Waals surface area contributed by atoms with Crippen molar-refractivity contribution in [2.75, 3.05) is 19.1 Å². The summed E-state index contributed by atoms with van der Waals surface area (Å²) in [5.74, 6) is -0.0661. The van der Waals surface area contributed by atoms with Gasteiger partial charge in [-0.25, -0.2) is 4.79 Å². The standard InChI is InChI=1S/C19H15NO5S2/c1-24-14-7-8-15(25-2)12(9-14)10-16-17(21)20(19(26)27-16)13-5-3-11(4-6-13)18(22)23/h3-10H,1-2H3,(H,22,23). The van der Waals surface area contributed by atoms with Gasteiger partial charge in [0.25, 0.3) is 5.91 Å². The average Bonchev–Trinajstić information content (AvgIpc) is 2.95. The van der Waals surface area contributed by atoms with E-state index in [-0.39, 0.29) is 11.5 Å². The van der Waals surface area contributed by atoms with Crippen LogP contribution in [-0.4, -0.2) is 35.5 Å². The average molecular weight is 401 g/mol. The largest absolute Gasteiger partial charge is 0.497 e. The number of carboxylic acid groups (broad SMARTS) is 1. The first-order valence-corrected chi connectivity index (χ1v) is 9.00. The second-order valence-corrected chi connectivity index (χ2v) is 7.15. The van der Waals surface area contributed by atoms with Crippen LogP contribution in [-0.2, 0) is 4.79 Å². The summed E-state index contributed by atoms with van der Waals surface area (Å²) < 4.78 is 10.9. The number of methoxy groups -OCH3 is 2. The fourth-order valence-electron chi connectivity index (χ4n) is 2.54. The molecule has 0 spiro atoms. The number of aromatic carboxylic acids is 1. The van der Waals surface area contributed by atoms with Gasteiger partial charge >= 0.3 is 5.97 Å². The lowest BCUT2D eigenvalue weighted by Crippen LogP contribution is -2.27. The molecular weight excluding hydrogens is 386 g/mol. The van der Waals surface area contributed by atoms with Crippen LogP contribution in [0.1, 0.15) is 15.9 Å². The monoisotopic (exact) mass is 401 g/mol. The maximum Gasteiger partial charge on any atom is 0.335 e. The van der Waals surface area contributed by atoms with Crippen molar-refractivity contribution in [3.8, 4) is 11.5 Å². The number of benzene rings is 2. The molecule has 0 aliphatic carbocycles. The lowest BCUT2D eigenvalue weighted by molar-refractivity contribution is -0.113. The molecule has 0 bridgehead atoms. The lowest BCUT2D eigenvalue weighted by Gasteiger charge is -2.14. The van der Waals surface area contributed by atoms with Gasteiger partial charge < -0.3 is 14.6 Å². The molecule has 2 aromatic carbocycles. The quantitative estimate of drug-likeness (QED) is 0.603. The van der Waals surface area contributed by atoms with Gasteiger partial charge in [0, 0.05) is 5.56 Å². The van der Waals surface area contributed by atoms with E-state index >= 15 is 0 Å². The van der Waals surface area contributed by atoms with Crippen molar-refractivity contribution in [1.29, 1.82) is 0 Å². The number of rotatable bonds is 5. The number of hydrogen-bond acceptors (Lipinski definition) is 6. The normalized spacial score (nSPS) is 15.3. The topological polar surface area (TPSA) is 76.1 Å². The summed E-state index contributed by atoms with van der Waals surface area (Å²) in [7, 11) is 3.11. The summed E-state index contributed by atoms with van der Waals surface area (Å²) in [6.07, 6.45) is 1.70. The van der Waals surface area contributed by atoms with E-state index < -0.39 is 5.97 Å². The van der Waals surface area contributed by atoms with Gasteiger partial charge in [-0.3, -0.25) is 9.69 Å². The molecule has 1 aliphatic heterocycles. The van der Waals surface area contributed by atoms with E-state index in [0.29, 0.717) is 32.0 Å². The fourth-order valence-corrected chi connectivity index (χ4v) is 3.83. The Morgan fingerprint density at radius 2 is 1.85 bits per heavy atom. The van der Waals surface area contributed by atoms with Gasteiger partial charge in [-0.2, -0.15) is 0 Å². The highest BCUT2D eigenvalue weighted by Crippen LogP contribution is 2.37. The predicted molar refractivity (Wildman–Crippen MR) is 109 cm³/mol. The van der Waals surface area contributed by atoms with E-state index in [4.69, 9.17) is 26.8 Å². The molecular formula is C19H15NO5S2. The Morgan fingerprint density at radius 1 is 1.15 bits per heavy atom. The van der Waals surface area contributed by atoms with Gasteiger partial charge in [-0.1, -0.05) is 24.0 Å². The minimum atomic E-state index is -1.03. The lowest BCUT2D eigenvalue weighted by atomic mass is 10.1. The molecule has 1 saturated heterocycles. The molecule has 0 aromatic heterocycles. The van der Waals surface area contributed by atoms with Crippen LogP contribution in [0.2, 0.25) is 0 Å². The number of thiocarbonyl (C=S) groups is 1. The molecule has 1 N–H and O–H groups in total. The second-order valence-electron chi connectivity index (χ2n) is 5.48. The van der Waals surface area contributed by atoms with Gasteiger partial charge in [-0.05, 0) is 48.5 Å². The fraction of sp³-hybridized carbons (Fsp3) is 0.105. The highest BCUT2D eigenvalue weighted by atomic mass is 32.2. The van der Waals surface area contributed by atoms with E-state index in [1.54, 1.807) is 50.6 Å². The highest BCUT2D eigenvalue weighted by molar-refractivity contribution is 8.27. The summed E-state index contributed by atoms with van der Waals surface area (Å²) in [5.41, 5.74) is 1.35. The van der Waals surface area contributed by atoms with Gasteiger partial charge in [0.2, 0.25) is 0 Å². The minimum absolute atomic E-state index is 0.140. The third kappa shape index (κ3) is 3.81. The van der Waals surface area contributed by atoms with Crippen LogP contribution in [0.15, 0.2) is 47.4 Å². The number of hydrogen-bond donors (Lipinski definition) is 1. The van der Waals surface area contributed by atoms with E-state index in [9.17, 15) is 9.59 Å². The van der Waals surface area contributed by atoms with Crippen molar-refractivity contribution in [3.05, 3.63) is 58.5 Å². The number of amides is 1. The van der Waals surface area contributed by atoms with Crippen LogP contribution in [0.25, 0.3) is 6.08 Å². The third-order valence-electron chi connectivity index (χ3n) is 3.89. The van der Waals surface area contributed by atoms with Gasteiger partial charge in [0.1, 0.15) is 11.5 Å². The Balaban J connectivity index is 1.94. The Labute approximate surface area is 165 Å². The van der Waals surface area contributed by atoms with Crippen LogP contribution in [0.4, 0.5) is 5.69 Å². The third-order valence-corrected chi connectivity index (χ3v) is 5.19. The first-order chi connectivity index (χ1) is 12.9. The number of carbonyl (C=O) groups is 2. The van der Waals surface area contributed by atoms with Crippen molar-refractivity contribution in [3.63, 3.8) is 0 Å². The molecule has 2 aromatic rings. The van der Waals surface area contributed by atoms with Crippen LogP contribution in [0, 0.1) is 0 Å². The molecule has 1 heterocycles. The first-order valence-electron chi connectivity index (χ1n) is 7.78. The van der Waals surface area contributed by atoms with Gasteiger partial charge in [0.05, 0.1) is 30.4 Å². The maximum atomic E-state index is 12.9. The van der Waals surface area contributed by atoms with Crippen molar-refractivity contribution in [2.45, 2.75) is 0 Å². The van der Waals surface area contributed by atoms with Crippen LogP contribution >= 0.6 is 24.0 Å². The summed E-state index contributed by atoms with van der Waals surface area (Å²) in [4.78, 5) is 25.7. The Morgan fingerprint density at radius 3 is 2.44 bits per heavy atom. The molecule has 0 unspecified atom stereocenters.